The first-order valence-corrected chi connectivity index (χ1v) is 9.59. The standard InChI is InChI=1S/C19H20Te/c1-19(2,3)17-13-15-11-7-8-12-16(15)18(20-17)14-9-5-4-6-10-14/h4-13,18H,1-3H3. The second-order valence-corrected chi connectivity index (χ2v) is 9.57. The number of fused-ring (bicyclic) bond motifs is 1. The molecule has 2 aromatic carbocycles. The summed E-state index contributed by atoms with van der Waals surface area (Å²) in [6, 6.07) is 19.9. The van der Waals surface area contributed by atoms with Crippen molar-refractivity contribution in [2.45, 2.75) is 24.7 Å². The molecule has 1 heterocycles. The molecule has 102 valence electrons. The average Bonchev–Trinajstić information content (AvgIpc) is 2.46. The molecule has 0 radical (unpaired) electrons. The Balaban J connectivity index is 2.11. The van der Waals surface area contributed by atoms with Crippen LogP contribution >= 0.6 is 0 Å². The molecule has 0 aromatic heterocycles. The van der Waals surface area contributed by atoms with Gasteiger partial charge in [-0.3, -0.25) is 0 Å². The zero-order valence-corrected chi connectivity index (χ0v) is 14.6. The van der Waals surface area contributed by atoms with Gasteiger partial charge in [0.25, 0.3) is 0 Å². The van der Waals surface area contributed by atoms with Crippen molar-refractivity contribution in [3.8, 4) is 0 Å². The third-order valence-electron chi connectivity index (χ3n) is 3.65. The summed E-state index contributed by atoms with van der Waals surface area (Å²) in [6.07, 6.45) is 2.46. The average molecular weight is 376 g/mol. The summed E-state index contributed by atoms with van der Waals surface area (Å²) in [7, 11) is 0. The van der Waals surface area contributed by atoms with Crippen molar-refractivity contribution in [2.75, 3.05) is 0 Å². The van der Waals surface area contributed by atoms with E-state index in [0.717, 1.165) is 0 Å². The summed E-state index contributed by atoms with van der Waals surface area (Å²) in [4.78, 5) is 0. The topological polar surface area (TPSA) is 0 Å². The Morgan fingerprint density at radius 3 is 2.20 bits per heavy atom. The van der Waals surface area contributed by atoms with Crippen molar-refractivity contribution in [3.05, 3.63) is 74.9 Å². The molecule has 1 heteroatoms. The van der Waals surface area contributed by atoms with E-state index in [1.54, 1.807) is 3.62 Å². The van der Waals surface area contributed by atoms with Gasteiger partial charge < -0.3 is 0 Å². The van der Waals surface area contributed by atoms with Gasteiger partial charge >= 0.3 is 132 Å². The molecule has 1 aliphatic heterocycles. The van der Waals surface area contributed by atoms with Gasteiger partial charge in [-0.05, 0) is 0 Å². The van der Waals surface area contributed by atoms with E-state index in [9.17, 15) is 0 Å². The molecule has 0 amide bonds. The monoisotopic (exact) mass is 378 g/mol. The van der Waals surface area contributed by atoms with Crippen molar-refractivity contribution in [1.82, 2.24) is 0 Å². The van der Waals surface area contributed by atoms with Gasteiger partial charge in [0.1, 0.15) is 0 Å². The van der Waals surface area contributed by atoms with E-state index < -0.39 is 0 Å². The minimum absolute atomic E-state index is 0.221. The molecule has 1 aliphatic rings. The zero-order valence-electron chi connectivity index (χ0n) is 12.3. The van der Waals surface area contributed by atoms with Crippen LogP contribution in [0.1, 0.15) is 41.4 Å². The van der Waals surface area contributed by atoms with Crippen molar-refractivity contribution in [2.24, 2.45) is 5.41 Å². The van der Waals surface area contributed by atoms with Crippen LogP contribution in [0.25, 0.3) is 6.08 Å². The summed E-state index contributed by atoms with van der Waals surface area (Å²) in [5, 5.41) is 0. The SMILES string of the molecule is CC(C)(C)C1=Cc2ccccc2C(c2ccccc2)[Te]1. The van der Waals surface area contributed by atoms with Crippen molar-refractivity contribution in [1.29, 1.82) is 0 Å². The summed E-state index contributed by atoms with van der Waals surface area (Å²) < 4.78 is 2.30. The summed E-state index contributed by atoms with van der Waals surface area (Å²) in [5.41, 5.74) is 4.72. The van der Waals surface area contributed by atoms with Crippen LogP contribution in [0.4, 0.5) is 0 Å². The second-order valence-electron chi connectivity index (χ2n) is 6.30. The van der Waals surface area contributed by atoms with Crippen LogP contribution in [0.15, 0.2) is 58.2 Å². The molecule has 0 N–H and O–H groups in total. The van der Waals surface area contributed by atoms with Crippen LogP contribution in [0.5, 0.6) is 0 Å². The van der Waals surface area contributed by atoms with Gasteiger partial charge in [-0.15, -0.1) is 0 Å². The van der Waals surface area contributed by atoms with E-state index in [1.165, 1.54) is 16.7 Å². The Hall–Kier alpha value is -1.03. The van der Waals surface area contributed by atoms with E-state index >= 15 is 0 Å². The van der Waals surface area contributed by atoms with Crippen LogP contribution in [0.3, 0.4) is 0 Å². The molecule has 0 saturated heterocycles. The third-order valence-corrected chi connectivity index (χ3v) is 8.63. The fourth-order valence-corrected chi connectivity index (χ4v) is 6.62. The first-order valence-electron chi connectivity index (χ1n) is 7.08. The number of benzene rings is 2. The van der Waals surface area contributed by atoms with Gasteiger partial charge in [-0.2, -0.15) is 0 Å². The van der Waals surface area contributed by atoms with Gasteiger partial charge in [-0.25, -0.2) is 0 Å². The van der Waals surface area contributed by atoms with Crippen molar-refractivity contribution in [3.63, 3.8) is 0 Å². The predicted octanol–water partition coefficient (Wildman–Crippen LogP) is 4.88. The molecule has 3 rings (SSSR count). The summed E-state index contributed by atoms with van der Waals surface area (Å²) >= 11 is -0.221. The number of hydrogen-bond acceptors (Lipinski definition) is 0. The number of hydrogen-bond donors (Lipinski definition) is 0. The second kappa shape index (κ2) is 5.40. The van der Waals surface area contributed by atoms with E-state index in [2.05, 4.69) is 81.4 Å². The normalized spacial score (nSPS) is 18.4. The van der Waals surface area contributed by atoms with Crippen LogP contribution in [0, 0.1) is 5.41 Å². The quantitative estimate of drug-likeness (QED) is 0.623. The fraction of sp³-hybridized carbons (Fsp3) is 0.263. The van der Waals surface area contributed by atoms with Crippen LogP contribution < -0.4 is 0 Å². The predicted molar refractivity (Wildman–Crippen MR) is 87.9 cm³/mol. The van der Waals surface area contributed by atoms with Crippen molar-refractivity contribution >= 4 is 27.0 Å². The first kappa shape index (κ1) is 13.9. The molecule has 0 aliphatic carbocycles. The molecule has 1 unspecified atom stereocenters. The molecular weight excluding hydrogens is 356 g/mol. The molecule has 0 bridgehead atoms. The van der Waals surface area contributed by atoms with Gasteiger partial charge in [0, 0.05) is 0 Å². The third kappa shape index (κ3) is 2.71. The molecule has 0 saturated carbocycles. The molecular formula is C19H20Te. The van der Waals surface area contributed by atoms with Crippen LogP contribution in [-0.2, 0) is 0 Å². The van der Waals surface area contributed by atoms with Gasteiger partial charge in [0.15, 0.2) is 0 Å². The zero-order chi connectivity index (χ0) is 14.2. The maximum absolute atomic E-state index is 2.46. The van der Waals surface area contributed by atoms with Crippen molar-refractivity contribution < 1.29 is 0 Å². The maximum atomic E-state index is 2.46. The van der Waals surface area contributed by atoms with Crippen LogP contribution in [0.2, 0.25) is 0 Å². The van der Waals surface area contributed by atoms with Crippen LogP contribution in [-0.4, -0.2) is 20.9 Å². The van der Waals surface area contributed by atoms with Gasteiger partial charge in [-0.1, -0.05) is 0 Å². The van der Waals surface area contributed by atoms with Gasteiger partial charge in [0.2, 0.25) is 0 Å². The summed E-state index contributed by atoms with van der Waals surface area (Å²) in [6.45, 7) is 7.04. The fourth-order valence-electron chi connectivity index (χ4n) is 2.52. The Bertz CT molecular complexity index is 632. The number of allylic oxidation sites excluding steroid dienone is 1. The molecule has 2 aromatic rings. The first-order chi connectivity index (χ1) is 9.55. The molecule has 0 nitrogen and oxygen atoms in total. The number of rotatable bonds is 1. The Labute approximate surface area is 132 Å². The molecule has 0 fully saturated rings. The van der Waals surface area contributed by atoms with E-state index in [1.807, 2.05) is 0 Å². The molecule has 20 heavy (non-hydrogen) atoms. The Morgan fingerprint density at radius 2 is 1.50 bits per heavy atom. The molecule has 1 atom stereocenters. The minimum atomic E-state index is -0.221. The van der Waals surface area contributed by atoms with Gasteiger partial charge in [0.05, 0.1) is 0 Å². The Morgan fingerprint density at radius 1 is 0.850 bits per heavy atom. The summed E-state index contributed by atoms with van der Waals surface area (Å²) in [5.74, 6) is 0. The van der Waals surface area contributed by atoms with E-state index in [4.69, 9.17) is 0 Å². The Kier molecular flexibility index (Phi) is 3.76. The molecule has 0 spiro atoms. The van der Waals surface area contributed by atoms with E-state index in [0.29, 0.717) is 9.38 Å². The van der Waals surface area contributed by atoms with E-state index in [-0.39, 0.29) is 20.9 Å².